The van der Waals surface area contributed by atoms with Crippen molar-refractivity contribution in [1.29, 1.82) is 0 Å². The molecule has 2 N–H and O–H groups in total. The van der Waals surface area contributed by atoms with E-state index in [2.05, 4.69) is 4.98 Å². The van der Waals surface area contributed by atoms with Crippen LogP contribution in [0.15, 0.2) is 33.9 Å². The average molecular weight is 282 g/mol. The molecule has 0 saturated heterocycles. The number of aromatic nitrogens is 2. The molecule has 0 amide bonds. The molecule has 0 unspecified atom stereocenters. The van der Waals surface area contributed by atoms with Crippen molar-refractivity contribution in [2.24, 2.45) is 0 Å². The number of benzene rings is 1. The van der Waals surface area contributed by atoms with Gasteiger partial charge in [0.15, 0.2) is 0 Å². The normalized spacial score (nSPS) is 10.5. The number of rotatable bonds is 2. The van der Waals surface area contributed by atoms with E-state index < -0.39 is 17.1 Å². The summed E-state index contributed by atoms with van der Waals surface area (Å²) < 4.78 is 0.945. The highest BCUT2D eigenvalue weighted by molar-refractivity contribution is 6.33. The number of nitrogens with one attached hydrogen (secondary N) is 1. The third-order valence-corrected chi connectivity index (χ3v) is 2.94. The Morgan fingerprint density at radius 1 is 1.26 bits per heavy atom. The van der Waals surface area contributed by atoms with E-state index in [1.165, 1.54) is 5.01 Å². The molecule has 19 heavy (non-hydrogen) atoms. The Labute approximate surface area is 113 Å². The van der Waals surface area contributed by atoms with E-state index in [4.69, 9.17) is 11.6 Å². The summed E-state index contributed by atoms with van der Waals surface area (Å²) >= 11 is 6.01. The molecule has 0 aliphatic rings. The molecule has 2 rings (SSSR count). The van der Waals surface area contributed by atoms with Crippen LogP contribution in [-0.4, -0.2) is 28.9 Å². The molecule has 0 bridgehead atoms. The predicted octanol–water partition coefficient (Wildman–Crippen LogP) is 0.760. The summed E-state index contributed by atoms with van der Waals surface area (Å²) in [5.41, 5.74) is -1.09. The van der Waals surface area contributed by atoms with Crippen LogP contribution < -0.4 is 16.3 Å². The minimum Gasteiger partial charge on any atom is -0.493 e. The standard InChI is InChI=1S/C12H12ClN3O3/c1-15(2)16-11(18)9(10(17)14-12(16)19)7-5-3-4-6-8(7)13/h3-6,18H,1-2H3,(H,14,17,19). The number of halogens is 1. The monoisotopic (exact) mass is 281 g/mol. The van der Waals surface area contributed by atoms with Gasteiger partial charge in [0.1, 0.15) is 5.56 Å². The molecule has 0 spiro atoms. The SMILES string of the molecule is CN(C)n1c(O)c(-c2ccccc2Cl)c(=O)[nH]c1=O. The molecular formula is C12H12ClN3O3. The van der Waals surface area contributed by atoms with Crippen molar-refractivity contribution in [2.75, 3.05) is 19.1 Å². The highest BCUT2D eigenvalue weighted by Gasteiger charge is 2.18. The van der Waals surface area contributed by atoms with Gasteiger partial charge in [-0.25, -0.2) is 4.79 Å². The van der Waals surface area contributed by atoms with Gasteiger partial charge in [-0.3, -0.25) is 9.78 Å². The summed E-state index contributed by atoms with van der Waals surface area (Å²) in [6.45, 7) is 0. The first kappa shape index (κ1) is 13.2. The third kappa shape index (κ3) is 2.22. The maximum atomic E-state index is 11.9. The van der Waals surface area contributed by atoms with Gasteiger partial charge in [0.2, 0.25) is 5.88 Å². The first-order valence-corrected chi connectivity index (χ1v) is 5.82. The van der Waals surface area contributed by atoms with Crippen molar-refractivity contribution in [2.45, 2.75) is 0 Å². The highest BCUT2D eigenvalue weighted by atomic mass is 35.5. The molecule has 0 atom stereocenters. The molecule has 0 fully saturated rings. The molecule has 0 radical (unpaired) electrons. The van der Waals surface area contributed by atoms with E-state index >= 15 is 0 Å². The summed E-state index contributed by atoms with van der Waals surface area (Å²) in [6.07, 6.45) is 0. The van der Waals surface area contributed by atoms with Crippen molar-refractivity contribution in [3.63, 3.8) is 0 Å². The fraction of sp³-hybridized carbons (Fsp3) is 0.167. The van der Waals surface area contributed by atoms with Crippen LogP contribution in [0, 0.1) is 0 Å². The summed E-state index contributed by atoms with van der Waals surface area (Å²) in [7, 11) is 3.13. The minimum absolute atomic E-state index is 0.0427. The van der Waals surface area contributed by atoms with Gasteiger partial charge >= 0.3 is 5.69 Å². The van der Waals surface area contributed by atoms with Crippen LogP contribution >= 0.6 is 11.6 Å². The maximum Gasteiger partial charge on any atom is 0.350 e. The molecule has 100 valence electrons. The molecule has 1 heterocycles. The van der Waals surface area contributed by atoms with Crippen molar-refractivity contribution in [3.8, 4) is 17.0 Å². The topological polar surface area (TPSA) is 78.3 Å². The van der Waals surface area contributed by atoms with Crippen molar-refractivity contribution < 1.29 is 5.11 Å². The highest BCUT2D eigenvalue weighted by Crippen LogP contribution is 2.29. The smallest absolute Gasteiger partial charge is 0.350 e. The van der Waals surface area contributed by atoms with Gasteiger partial charge in [-0.15, -0.1) is 0 Å². The fourth-order valence-electron chi connectivity index (χ4n) is 1.79. The van der Waals surface area contributed by atoms with Gasteiger partial charge < -0.3 is 10.1 Å². The zero-order valence-electron chi connectivity index (χ0n) is 10.3. The largest absolute Gasteiger partial charge is 0.493 e. The Balaban J connectivity index is 2.86. The van der Waals surface area contributed by atoms with E-state index in [-0.39, 0.29) is 5.56 Å². The molecule has 0 aliphatic carbocycles. The first-order chi connectivity index (χ1) is 8.93. The minimum atomic E-state index is -0.719. The zero-order chi connectivity index (χ0) is 14.2. The van der Waals surface area contributed by atoms with Gasteiger partial charge in [0.25, 0.3) is 5.56 Å². The Morgan fingerprint density at radius 2 is 1.89 bits per heavy atom. The van der Waals surface area contributed by atoms with Crippen LogP contribution in [-0.2, 0) is 0 Å². The van der Waals surface area contributed by atoms with E-state index in [1.807, 2.05) is 0 Å². The quantitative estimate of drug-likeness (QED) is 0.852. The van der Waals surface area contributed by atoms with E-state index in [0.29, 0.717) is 10.6 Å². The zero-order valence-corrected chi connectivity index (χ0v) is 11.1. The van der Waals surface area contributed by atoms with Crippen LogP contribution in [0.3, 0.4) is 0 Å². The molecule has 2 aromatic rings. The Morgan fingerprint density at radius 3 is 2.47 bits per heavy atom. The number of aromatic amines is 1. The number of hydrogen-bond donors (Lipinski definition) is 2. The van der Waals surface area contributed by atoms with Gasteiger partial charge in [-0.05, 0) is 6.07 Å². The average Bonchev–Trinajstić information content (AvgIpc) is 2.30. The molecule has 1 aromatic carbocycles. The lowest BCUT2D eigenvalue weighted by Crippen LogP contribution is -2.40. The predicted molar refractivity (Wildman–Crippen MR) is 73.5 cm³/mol. The summed E-state index contributed by atoms with van der Waals surface area (Å²) in [6, 6.07) is 6.59. The summed E-state index contributed by atoms with van der Waals surface area (Å²) in [5.74, 6) is -0.452. The van der Waals surface area contributed by atoms with E-state index in [1.54, 1.807) is 38.4 Å². The third-order valence-electron chi connectivity index (χ3n) is 2.61. The molecule has 7 heteroatoms. The van der Waals surface area contributed by atoms with Crippen molar-refractivity contribution >= 4 is 11.6 Å². The lowest BCUT2D eigenvalue weighted by Gasteiger charge is -2.18. The second-order valence-corrected chi connectivity index (χ2v) is 4.50. The maximum absolute atomic E-state index is 11.9. The Kier molecular flexibility index (Phi) is 3.35. The lowest BCUT2D eigenvalue weighted by molar-refractivity contribution is 0.406. The van der Waals surface area contributed by atoms with Crippen LogP contribution in [0.2, 0.25) is 5.02 Å². The molecule has 1 aromatic heterocycles. The summed E-state index contributed by atoms with van der Waals surface area (Å²) in [5, 5.41) is 11.8. The van der Waals surface area contributed by atoms with Crippen molar-refractivity contribution in [3.05, 3.63) is 50.1 Å². The lowest BCUT2D eigenvalue weighted by atomic mass is 10.1. The number of aromatic hydroxyl groups is 1. The van der Waals surface area contributed by atoms with E-state index in [0.717, 1.165) is 4.68 Å². The van der Waals surface area contributed by atoms with Crippen LogP contribution in [0.5, 0.6) is 5.88 Å². The summed E-state index contributed by atoms with van der Waals surface area (Å²) in [4.78, 5) is 25.7. The number of H-pyrrole nitrogens is 1. The number of nitrogens with zero attached hydrogens (tertiary/aromatic N) is 2. The second-order valence-electron chi connectivity index (χ2n) is 4.10. The van der Waals surface area contributed by atoms with Gasteiger partial charge in [0.05, 0.1) is 0 Å². The van der Waals surface area contributed by atoms with Gasteiger partial charge in [-0.1, -0.05) is 29.8 Å². The first-order valence-electron chi connectivity index (χ1n) is 5.44. The fourth-order valence-corrected chi connectivity index (χ4v) is 2.02. The van der Waals surface area contributed by atoms with Gasteiger partial charge in [0, 0.05) is 24.7 Å². The number of hydrogen-bond acceptors (Lipinski definition) is 4. The molecule has 6 nitrogen and oxygen atoms in total. The van der Waals surface area contributed by atoms with Gasteiger partial charge in [-0.2, -0.15) is 4.68 Å². The Bertz CT molecular complexity index is 734. The van der Waals surface area contributed by atoms with Crippen LogP contribution in [0.25, 0.3) is 11.1 Å². The Hall–Kier alpha value is -2.21. The second kappa shape index (κ2) is 4.81. The molecule has 0 aliphatic heterocycles. The van der Waals surface area contributed by atoms with Crippen LogP contribution in [0.1, 0.15) is 0 Å². The van der Waals surface area contributed by atoms with Crippen LogP contribution in [0.4, 0.5) is 0 Å². The molecule has 0 saturated carbocycles. The van der Waals surface area contributed by atoms with E-state index in [9.17, 15) is 14.7 Å². The van der Waals surface area contributed by atoms with Crippen molar-refractivity contribution in [1.82, 2.24) is 9.66 Å². The molecular weight excluding hydrogens is 270 g/mol.